The SMILES string of the molecule is CC(Oc1ccc(F)cc1Br)C(=O)Nc1ccc(S(=O)(=O)N(C)C(C)C)cc1. The lowest BCUT2D eigenvalue weighted by molar-refractivity contribution is -0.122. The molecular weight excluding hydrogens is 451 g/mol. The van der Waals surface area contributed by atoms with E-state index in [2.05, 4.69) is 21.2 Å². The molecule has 28 heavy (non-hydrogen) atoms. The second kappa shape index (κ2) is 9.02. The summed E-state index contributed by atoms with van der Waals surface area (Å²) in [5, 5.41) is 2.66. The minimum absolute atomic E-state index is 0.140. The zero-order valence-electron chi connectivity index (χ0n) is 15.9. The Morgan fingerprint density at radius 1 is 1.14 bits per heavy atom. The first-order valence-corrected chi connectivity index (χ1v) is 10.8. The summed E-state index contributed by atoms with van der Waals surface area (Å²) in [5.74, 6) is -0.511. The molecule has 0 heterocycles. The molecular formula is C19H22BrFN2O4S. The van der Waals surface area contributed by atoms with Gasteiger partial charge in [0.15, 0.2) is 6.10 Å². The Morgan fingerprint density at radius 2 is 1.75 bits per heavy atom. The van der Waals surface area contributed by atoms with Crippen molar-refractivity contribution in [3.63, 3.8) is 0 Å². The molecule has 152 valence electrons. The highest BCUT2D eigenvalue weighted by molar-refractivity contribution is 9.10. The highest BCUT2D eigenvalue weighted by Gasteiger charge is 2.23. The lowest BCUT2D eigenvalue weighted by Gasteiger charge is -2.21. The van der Waals surface area contributed by atoms with Gasteiger partial charge >= 0.3 is 0 Å². The molecule has 0 fully saturated rings. The molecule has 6 nitrogen and oxygen atoms in total. The van der Waals surface area contributed by atoms with Gasteiger partial charge in [0, 0.05) is 18.8 Å². The summed E-state index contributed by atoms with van der Waals surface area (Å²) in [7, 11) is -2.07. The van der Waals surface area contributed by atoms with E-state index < -0.39 is 27.9 Å². The summed E-state index contributed by atoms with van der Waals surface area (Å²) in [6.07, 6.45) is -0.850. The smallest absolute Gasteiger partial charge is 0.265 e. The van der Waals surface area contributed by atoms with Gasteiger partial charge in [-0.1, -0.05) is 0 Å². The van der Waals surface area contributed by atoms with E-state index in [0.717, 1.165) is 0 Å². The Labute approximate surface area is 172 Å². The molecule has 1 amide bonds. The van der Waals surface area contributed by atoms with Crippen LogP contribution in [0.2, 0.25) is 0 Å². The van der Waals surface area contributed by atoms with Crippen molar-refractivity contribution >= 4 is 37.5 Å². The van der Waals surface area contributed by atoms with Gasteiger partial charge in [-0.3, -0.25) is 4.79 Å². The van der Waals surface area contributed by atoms with Gasteiger partial charge in [0.25, 0.3) is 5.91 Å². The van der Waals surface area contributed by atoms with Crippen molar-refractivity contribution in [3.05, 3.63) is 52.8 Å². The maximum absolute atomic E-state index is 13.1. The van der Waals surface area contributed by atoms with Gasteiger partial charge in [0.2, 0.25) is 10.0 Å². The van der Waals surface area contributed by atoms with Crippen LogP contribution in [-0.4, -0.2) is 37.8 Å². The average Bonchev–Trinajstić information content (AvgIpc) is 2.63. The molecule has 0 aromatic heterocycles. The van der Waals surface area contributed by atoms with Gasteiger partial charge in [-0.2, -0.15) is 4.31 Å². The fraction of sp³-hybridized carbons (Fsp3) is 0.316. The number of sulfonamides is 1. The molecule has 0 aliphatic heterocycles. The Hall–Kier alpha value is -1.97. The van der Waals surface area contributed by atoms with Crippen LogP contribution in [0.5, 0.6) is 5.75 Å². The van der Waals surface area contributed by atoms with Crippen LogP contribution < -0.4 is 10.1 Å². The number of rotatable bonds is 7. The number of nitrogens with zero attached hydrogens (tertiary/aromatic N) is 1. The predicted octanol–water partition coefficient (Wildman–Crippen LogP) is 4.02. The molecule has 0 aliphatic rings. The average molecular weight is 473 g/mol. The number of hydrogen-bond acceptors (Lipinski definition) is 4. The molecule has 1 N–H and O–H groups in total. The summed E-state index contributed by atoms with van der Waals surface area (Å²) in [6, 6.07) is 9.63. The molecule has 0 aliphatic carbocycles. The Bertz CT molecular complexity index is 949. The first kappa shape index (κ1) is 22.3. The van der Waals surface area contributed by atoms with Crippen LogP contribution in [-0.2, 0) is 14.8 Å². The number of ether oxygens (including phenoxy) is 1. The standard InChI is InChI=1S/C19H22BrFN2O4S/c1-12(2)23(4)28(25,26)16-8-6-15(7-9-16)22-19(24)13(3)27-18-10-5-14(21)11-17(18)20/h5-13H,1-4H3,(H,22,24). The first-order chi connectivity index (χ1) is 13.0. The fourth-order valence-electron chi connectivity index (χ4n) is 2.21. The van der Waals surface area contributed by atoms with Gasteiger partial charge in [0.1, 0.15) is 11.6 Å². The third kappa shape index (κ3) is 5.30. The molecule has 1 unspecified atom stereocenters. The van der Waals surface area contributed by atoms with Gasteiger partial charge in [-0.25, -0.2) is 12.8 Å². The second-order valence-corrected chi connectivity index (χ2v) is 9.32. The van der Waals surface area contributed by atoms with Gasteiger partial charge in [-0.15, -0.1) is 0 Å². The summed E-state index contributed by atoms with van der Waals surface area (Å²) in [6.45, 7) is 5.13. The third-order valence-electron chi connectivity index (χ3n) is 4.09. The number of amides is 1. The van der Waals surface area contributed by atoms with E-state index in [1.807, 2.05) is 0 Å². The molecule has 0 spiro atoms. The van der Waals surface area contributed by atoms with Crippen molar-refractivity contribution in [3.8, 4) is 5.75 Å². The van der Waals surface area contributed by atoms with Crippen LogP contribution in [0, 0.1) is 5.82 Å². The molecule has 0 radical (unpaired) electrons. The van der Waals surface area contributed by atoms with Gasteiger partial charge in [0.05, 0.1) is 9.37 Å². The van der Waals surface area contributed by atoms with E-state index in [9.17, 15) is 17.6 Å². The second-order valence-electron chi connectivity index (χ2n) is 6.46. The van der Waals surface area contributed by atoms with E-state index >= 15 is 0 Å². The Balaban J connectivity index is 2.06. The molecule has 2 rings (SSSR count). The minimum atomic E-state index is -3.59. The number of halogens is 2. The largest absolute Gasteiger partial charge is 0.480 e. The highest BCUT2D eigenvalue weighted by atomic mass is 79.9. The van der Waals surface area contributed by atoms with E-state index in [1.54, 1.807) is 20.8 Å². The highest BCUT2D eigenvalue weighted by Crippen LogP contribution is 2.26. The van der Waals surface area contributed by atoms with Crippen LogP contribution in [0.3, 0.4) is 0 Å². The summed E-state index contributed by atoms with van der Waals surface area (Å²) in [4.78, 5) is 12.5. The lowest BCUT2D eigenvalue weighted by Crippen LogP contribution is -2.33. The Kier molecular flexibility index (Phi) is 7.19. The summed E-state index contributed by atoms with van der Waals surface area (Å²) in [5.41, 5.74) is 0.435. The van der Waals surface area contributed by atoms with Crippen molar-refractivity contribution in [2.45, 2.75) is 37.8 Å². The summed E-state index contributed by atoms with van der Waals surface area (Å²) < 4.78 is 45.3. The Morgan fingerprint density at radius 3 is 2.29 bits per heavy atom. The molecule has 1 atom stereocenters. The van der Waals surface area contributed by atoms with Crippen LogP contribution in [0.4, 0.5) is 10.1 Å². The van der Waals surface area contributed by atoms with E-state index in [0.29, 0.717) is 15.9 Å². The van der Waals surface area contributed by atoms with Crippen molar-refractivity contribution in [2.24, 2.45) is 0 Å². The topological polar surface area (TPSA) is 75.7 Å². The predicted molar refractivity (Wildman–Crippen MR) is 109 cm³/mol. The van der Waals surface area contributed by atoms with Crippen LogP contribution in [0.25, 0.3) is 0 Å². The molecule has 2 aromatic carbocycles. The fourth-order valence-corrected chi connectivity index (χ4v) is 4.02. The molecule has 0 saturated carbocycles. The van der Waals surface area contributed by atoms with Crippen molar-refractivity contribution in [1.82, 2.24) is 4.31 Å². The van der Waals surface area contributed by atoms with E-state index in [1.165, 1.54) is 53.8 Å². The number of hydrogen-bond donors (Lipinski definition) is 1. The normalized spacial score (nSPS) is 12.9. The number of nitrogens with one attached hydrogen (secondary N) is 1. The monoisotopic (exact) mass is 472 g/mol. The molecule has 2 aromatic rings. The number of carbonyl (C=O) groups excluding carboxylic acids is 1. The molecule has 9 heteroatoms. The van der Waals surface area contributed by atoms with Crippen molar-refractivity contribution < 1.29 is 22.3 Å². The maximum Gasteiger partial charge on any atom is 0.265 e. The van der Waals surface area contributed by atoms with Crippen LogP contribution in [0.1, 0.15) is 20.8 Å². The first-order valence-electron chi connectivity index (χ1n) is 8.53. The van der Waals surface area contributed by atoms with Gasteiger partial charge in [-0.05, 0) is 79.2 Å². The summed E-state index contributed by atoms with van der Waals surface area (Å²) >= 11 is 3.18. The lowest BCUT2D eigenvalue weighted by atomic mass is 10.3. The van der Waals surface area contributed by atoms with E-state index in [-0.39, 0.29) is 10.9 Å². The number of benzene rings is 2. The zero-order chi connectivity index (χ0) is 21.1. The molecule has 0 saturated heterocycles. The van der Waals surface area contributed by atoms with Crippen molar-refractivity contribution in [2.75, 3.05) is 12.4 Å². The minimum Gasteiger partial charge on any atom is -0.480 e. The van der Waals surface area contributed by atoms with Crippen LogP contribution >= 0.6 is 15.9 Å². The van der Waals surface area contributed by atoms with Crippen LogP contribution in [0.15, 0.2) is 51.8 Å². The zero-order valence-corrected chi connectivity index (χ0v) is 18.3. The van der Waals surface area contributed by atoms with E-state index in [4.69, 9.17) is 4.74 Å². The third-order valence-corrected chi connectivity index (χ3v) is 6.76. The van der Waals surface area contributed by atoms with Crippen molar-refractivity contribution in [1.29, 1.82) is 0 Å². The number of anilines is 1. The quantitative estimate of drug-likeness (QED) is 0.659. The number of carbonyl (C=O) groups is 1. The van der Waals surface area contributed by atoms with Gasteiger partial charge < -0.3 is 10.1 Å². The maximum atomic E-state index is 13.1. The molecule has 0 bridgehead atoms.